The van der Waals surface area contributed by atoms with Gasteiger partial charge in [-0.1, -0.05) is 66.4 Å². The quantitative estimate of drug-likeness (QED) is 0.345. The van der Waals surface area contributed by atoms with Gasteiger partial charge in [0.2, 0.25) is 11.5 Å². The Balaban J connectivity index is 1.58. The average molecular weight is 464 g/mol. The van der Waals surface area contributed by atoms with Gasteiger partial charge in [-0.15, -0.1) is 15.3 Å². The van der Waals surface area contributed by atoms with Gasteiger partial charge in [0.25, 0.3) is 0 Å². The Bertz CT molecular complexity index is 1180. The number of nitrogens with one attached hydrogen (secondary N) is 1. The Hall–Kier alpha value is -3.66. The number of H-pyrrole nitrogens is 1. The van der Waals surface area contributed by atoms with Gasteiger partial charge in [0.05, 0.1) is 6.61 Å². The van der Waals surface area contributed by atoms with Crippen molar-refractivity contribution in [1.29, 1.82) is 0 Å². The molecule has 0 bridgehead atoms. The lowest BCUT2D eigenvalue weighted by atomic mass is 9.98. The van der Waals surface area contributed by atoms with Crippen molar-refractivity contribution in [2.24, 2.45) is 0 Å². The highest BCUT2D eigenvalue weighted by Crippen LogP contribution is 2.31. The van der Waals surface area contributed by atoms with Gasteiger partial charge in [-0.2, -0.15) is 5.21 Å². The Labute approximate surface area is 196 Å². The molecule has 2 aromatic carbocycles. The molecule has 0 radical (unpaired) electrons. The zero-order valence-corrected chi connectivity index (χ0v) is 19.4. The highest BCUT2D eigenvalue weighted by atomic mass is 32.1. The lowest BCUT2D eigenvalue weighted by Crippen LogP contribution is -2.25. The van der Waals surface area contributed by atoms with E-state index >= 15 is 0 Å². The first-order valence-corrected chi connectivity index (χ1v) is 11.6. The summed E-state index contributed by atoms with van der Waals surface area (Å²) in [6.07, 6.45) is 2.04. The van der Waals surface area contributed by atoms with Gasteiger partial charge in [-0.05, 0) is 35.2 Å². The van der Waals surface area contributed by atoms with E-state index in [9.17, 15) is 4.79 Å². The smallest absolute Gasteiger partial charge is 0.362 e. The van der Waals surface area contributed by atoms with Crippen molar-refractivity contribution < 1.29 is 9.53 Å². The van der Waals surface area contributed by atoms with Crippen LogP contribution in [0.5, 0.6) is 0 Å². The molecule has 2 heterocycles. The third-order valence-corrected chi connectivity index (χ3v) is 5.95. The second-order valence-electron chi connectivity index (χ2n) is 7.40. The standard InChI is InChI=1S/C23H25N7O2S/c1-3-5-14-30(22-20(24-29-33-22)23(31)32-4-2)15-16-10-12-17(13-11-16)18-8-6-7-9-19(18)21-25-27-28-26-21/h6-13H,3-5,14-15H2,1-2H3,(H,25,26,27,28). The molecule has 0 aliphatic heterocycles. The molecular weight excluding hydrogens is 438 g/mol. The van der Waals surface area contributed by atoms with E-state index in [1.807, 2.05) is 24.3 Å². The number of anilines is 1. The number of ether oxygens (including phenoxy) is 1. The van der Waals surface area contributed by atoms with Gasteiger partial charge in [0, 0.05) is 30.2 Å². The molecule has 0 saturated heterocycles. The summed E-state index contributed by atoms with van der Waals surface area (Å²) in [5, 5.41) is 19.2. The zero-order valence-electron chi connectivity index (χ0n) is 18.6. The Morgan fingerprint density at radius 3 is 2.55 bits per heavy atom. The number of aromatic nitrogens is 6. The van der Waals surface area contributed by atoms with E-state index in [1.54, 1.807) is 6.92 Å². The first-order chi connectivity index (χ1) is 16.2. The third kappa shape index (κ3) is 5.23. The molecule has 33 heavy (non-hydrogen) atoms. The summed E-state index contributed by atoms with van der Waals surface area (Å²) >= 11 is 1.22. The lowest BCUT2D eigenvalue weighted by Gasteiger charge is -2.23. The Kier molecular flexibility index (Phi) is 7.36. The SMILES string of the molecule is CCCCN(Cc1ccc(-c2ccccc2-c2nn[nH]n2)cc1)c1snnc1C(=O)OCC. The summed E-state index contributed by atoms with van der Waals surface area (Å²) < 4.78 is 9.17. The van der Waals surface area contributed by atoms with Crippen LogP contribution in [0.1, 0.15) is 42.7 Å². The van der Waals surface area contributed by atoms with E-state index in [2.05, 4.69) is 66.3 Å². The fourth-order valence-corrected chi connectivity index (χ4v) is 4.22. The van der Waals surface area contributed by atoms with Gasteiger partial charge in [-0.3, -0.25) is 0 Å². The molecule has 0 fully saturated rings. The molecule has 0 amide bonds. The largest absolute Gasteiger partial charge is 0.461 e. The molecule has 0 atom stereocenters. The molecule has 0 spiro atoms. The van der Waals surface area contributed by atoms with Crippen LogP contribution in [0.4, 0.5) is 5.00 Å². The van der Waals surface area contributed by atoms with Crippen LogP contribution >= 0.6 is 11.5 Å². The fourth-order valence-electron chi connectivity index (χ4n) is 3.54. The normalized spacial score (nSPS) is 10.8. The van der Waals surface area contributed by atoms with Gasteiger partial charge in [-0.25, -0.2) is 4.79 Å². The first-order valence-electron chi connectivity index (χ1n) is 10.9. The van der Waals surface area contributed by atoms with Crippen LogP contribution in [-0.4, -0.2) is 49.3 Å². The number of unbranched alkanes of at least 4 members (excludes halogenated alkanes) is 1. The van der Waals surface area contributed by atoms with E-state index in [1.165, 1.54) is 11.5 Å². The maximum absolute atomic E-state index is 12.3. The maximum Gasteiger partial charge on any atom is 0.362 e. The van der Waals surface area contributed by atoms with Crippen molar-refractivity contribution in [1.82, 2.24) is 30.2 Å². The molecule has 0 saturated carbocycles. The molecule has 0 aliphatic rings. The molecule has 1 N–H and O–H groups in total. The predicted octanol–water partition coefficient (Wildman–Crippen LogP) is 4.37. The van der Waals surface area contributed by atoms with Crippen LogP contribution in [0.15, 0.2) is 48.5 Å². The number of hydrogen-bond acceptors (Lipinski definition) is 9. The van der Waals surface area contributed by atoms with E-state index in [-0.39, 0.29) is 5.69 Å². The number of aromatic amines is 1. The number of benzene rings is 2. The highest BCUT2D eigenvalue weighted by Gasteiger charge is 2.22. The molecule has 9 nitrogen and oxygen atoms in total. The van der Waals surface area contributed by atoms with Gasteiger partial charge < -0.3 is 9.64 Å². The van der Waals surface area contributed by atoms with Crippen molar-refractivity contribution in [3.8, 4) is 22.5 Å². The van der Waals surface area contributed by atoms with Gasteiger partial charge in [0.1, 0.15) is 5.00 Å². The number of esters is 1. The molecule has 0 aliphatic carbocycles. The Morgan fingerprint density at radius 1 is 1.06 bits per heavy atom. The van der Waals surface area contributed by atoms with Gasteiger partial charge >= 0.3 is 5.97 Å². The predicted molar refractivity (Wildman–Crippen MR) is 127 cm³/mol. The molecule has 4 rings (SSSR count). The number of tetrazole rings is 1. The minimum absolute atomic E-state index is 0.281. The van der Waals surface area contributed by atoms with Crippen molar-refractivity contribution in [3.63, 3.8) is 0 Å². The molecular formula is C23H25N7O2S. The number of hydrogen-bond donors (Lipinski definition) is 1. The van der Waals surface area contributed by atoms with E-state index in [0.717, 1.165) is 46.6 Å². The first kappa shape index (κ1) is 22.5. The third-order valence-electron chi connectivity index (χ3n) is 5.16. The summed E-state index contributed by atoms with van der Waals surface area (Å²) in [4.78, 5) is 14.5. The number of nitrogens with zero attached hydrogens (tertiary/aromatic N) is 6. The van der Waals surface area contributed by atoms with Crippen LogP contribution in [0, 0.1) is 0 Å². The molecule has 2 aromatic heterocycles. The van der Waals surface area contributed by atoms with Crippen LogP contribution in [-0.2, 0) is 11.3 Å². The minimum atomic E-state index is -0.434. The molecule has 170 valence electrons. The summed E-state index contributed by atoms with van der Waals surface area (Å²) in [6, 6.07) is 16.3. The van der Waals surface area contributed by atoms with Crippen molar-refractivity contribution in [2.45, 2.75) is 33.2 Å². The summed E-state index contributed by atoms with van der Waals surface area (Å²) in [6.45, 7) is 5.67. The second-order valence-corrected chi connectivity index (χ2v) is 8.13. The van der Waals surface area contributed by atoms with Crippen molar-refractivity contribution >= 4 is 22.5 Å². The van der Waals surface area contributed by atoms with Crippen LogP contribution in [0.3, 0.4) is 0 Å². The van der Waals surface area contributed by atoms with E-state index < -0.39 is 5.97 Å². The zero-order chi connectivity index (χ0) is 23.0. The van der Waals surface area contributed by atoms with Crippen molar-refractivity contribution in [2.75, 3.05) is 18.1 Å². The molecule has 10 heteroatoms. The maximum atomic E-state index is 12.3. The summed E-state index contributed by atoms with van der Waals surface area (Å²) in [5.74, 6) is 0.126. The average Bonchev–Trinajstić information content (AvgIpc) is 3.55. The van der Waals surface area contributed by atoms with Crippen LogP contribution in [0.2, 0.25) is 0 Å². The molecule has 0 unspecified atom stereocenters. The van der Waals surface area contributed by atoms with Crippen LogP contribution in [0.25, 0.3) is 22.5 Å². The summed E-state index contributed by atoms with van der Waals surface area (Å²) in [5.41, 5.74) is 4.41. The van der Waals surface area contributed by atoms with Crippen LogP contribution < -0.4 is 4.90 Å². The fraction of sp³-hybridized carbons (Fsp3) is 0.304. The van der Waals surface area contributed by atoms with E-state index in [4.69, 9.17) is 4.74 Å². The monoisotopic (exact) mass is 463 g/mol. The lowest BCUT2D eigenvalue weighted by molar-refractivity contribution is 0.0520. The van der Waals surface area contributed by atoms with E-state index in [0.29, 0.717) is 19.0 Å². The minimum Gasteiger partial charge on any atom is -0.461 e. The number of carbonyl (C=O) groups excluding carboxylic acids is 1. The topological polar surface area (TPSA) is 110 Å². The number of rotatable bonds is 10. The number of carbonyl (C=O) groups is 1. The molecule has 4 aromatic rings. The van der Waals surface area contributed by atoms with Crippen molar-refractivity contribution in [3.05, 3.63) is 59.8 Å². The Morgan fingerprint density at radius 2 is 1.85 bits per heavy atom. The summed E-state index contributed by atoms with van der Waals surface area (Å²) in [7, 11) is 0. The highest BCUT2D eigenvalue weighted by molar-refractivity contribution is 7.10. The van der Waals surface area contributed by atoms with Gasteiger partial charge in [0.15, 0.2) is 0 Å². The second kappa shape index (κ2) is 10.8.